The maximum Gasteiger partial charge on any atom is 0.159 e. The molecule has 0 unspecified atom stereocenters. The van der Waals surface area contributed by atoms with Crippen LogP contribution in [0.3, 0.4) is 0 Å². The Balaban J connectivity index is 2.06. The van der Waals surface area contributed by atoms with Gasteiger partial charge in [0, 0.05) is 34.4 Å². The molecule has 0 amide bonds. The number of anilines is 1. The predicted molar refractivity (Wildman–Crippen MR) is 82.2 cm³/mol. The molecule has 3 aromatic rings. The second-order valence-corrected chi connectivity index (χ2v) is 5.14. The van der Waals surface area contributed by atoms with Gasteiger partial charge in [0.2, 0.25) is 0 Å². The van der Waals surface area contributed by atoms with Gasteiger partial charge in [0.05, 0.1) is 5.52 Å². The van der Waals surface area contributed by atoms with E-state index in [-0.39, 0.29) is 0 Å². The van der Waals surface area contributed by atoms with Crippen molar-refractivity contribution in [2.75, 3.05) is 12.4 Å². The molecule has 1 heterocycles. The van der Waals surface area contributed by atoms with Gasteiger partial charge in [-0.25, -0.2) is 9.97 Å². The first-order chi connectivity index (χ1) is 9.26. The number of fused-ring (bicyclic) bond motifs is 1. The number of rotatable bonds is 2. The monoisotopic (exact) mass is 313 g/mol. The first kappa shape index (κ1) is 12.1. The van der Waals surface area contributed by atoms with Crippen LogP contribution >= 0.6 is 15.9 Å². The third-order valence-corrected chi connectivity index (χ3v) is 3.47. The lowest BCUT2D eigenvalue weighted by molar-refractivity contribution is 1.23. The Hall–Kier alpha value is -1.94. The van der Waals surface area contributed by atoms with E-state index in [2.05, 4.69) is 31.2 Å². The van der Waals surface area contributed by atoms with E-state index in [9.17, 15) is 0 Å². The molecule has 1 aromatic heterocycles. The summed E-state index contributed by atoms with van der Waals surface area (Å²) >= 11 is 3.45. The number of hydrogen-bond donors (Lipinski definition) is 1. The van der Waals surface area contributed by atoms with Gasteiger partial charge in [0.15, 0.2) is 5.82 Å². The second kappa shape index (κ2) is 4.97. The average Bonchev–Trinajstić information content (AvgIpc) is 2.47. The van der Waals surface area contributed by atoms with E-state index in [1.54, 1.807) is 0 Å². The normalized spacial score (nSPS) is 10.6. The molecule has 0 bridgehead atoms. The molecule has 1 N–H and O–H groups in total. The van der Waals surface area contributed by atoms with Crippen LogP contribution in [0, 0.1) is 0 Å². The van der Waals surface area contributed by atoms with Crippen LogP contribution in [-0.2, 0) is 0 Å². The summed E-state index contributed by atoms with van der Waals surface area (Å²) in [5.41, 5.74) is 3.04. The van der Waals surface area contributed by atoms with E-state index < -0.39 is 0 Å². The molecule has 19 heavy (non-hydrogen) atoms. The third kappa shape index (κ3) is 2.44. The minimum absolute atomic E-state index is 0.748. The first-order valence-electron chi connectivity index (χ1n) is 5.97. The lowest BCUT2D eigenvalue weighted by Crippen LogP contribution is -1.91. The smallest absolute Gasteiger partial charge is 0.159 e. The van der Waals surface area contributed by atoms with Gasteiger partial charge in [0.1, 0.15) is 0 Å². The van der Waals surface area contributed by atoms with Crippen LogP contribution in [0.15, 0.2) is 53.1 Å². The van der Waals surface area contributed by atoms with Crippen LogP contribution in [-0.4, -0.2) is 17.0 Å². The summed E-state index contributed by atoms with van der Waals surface area (Å²) in [4.78, 5) is 9.01. The summed E-state index contributed by atoms with van der Waals surface area (Å²) in [6.07, 6.45) is 1.86. The van der Waals surface area contributed by atoms with E-state index >= 15 is 0 Å². The zero-order valence-electron chi connectivity index (χ0n) is 10.4. The highest BCUT2D eigenvalue weighted by Crippen LogP contribution is 2.22. The molecule has 3 nitrogen and oxygen atoms in total. The maximum atomic E-state index is 4.59. The highest BCUT2D eigenvalue weighted by atomic mass is 79.9. The Labute approximate surface area is 119 Å². The number of halogens is 1. The molecule has 0 fully saturated rings. The van der Waals surface area contributed by atoms with Crippen molar-refractivity contribution in [3.8, 4) is 11.4 Å². The first-order valence-corrected chi connectivity index (χ1v) is 6.76. The lowest BCUT2D eigenvalue weighted by atomic mass is 10.2. The molecular weight excluding hydrogens is 302 g/mol. The Morgan fingerprint density at radius 1 is 1.05 bits per heavy atom. The topological polar surface area (TPSA) is 37.8 Å². The summed E-state index contributed by atoms with van der Waals surface area (Å²) in [6, 6.07) is 14.1. The number of nitrogens with zero attached hydrogens (tertiary/aromatic N) is 2. The summed E-state index contributed by atoms with van der Waals surface area (Å²) in [7, 11) is 1.90. The van der Waals surface area contributed by atoms with Crippen molar-refractivity contribution >= 4 is 32.5 Å². The van der Waals surface area contributed by atoms with Crippen LogP contribution in [0.2, 0.25) is 0 Å². The number of hydrogen-bond acceptors (Lipinski definition) is 3. The SMILES string of the molecule is CNc1ccc(-c2ncc3cc(Br)ccc3n2)cc1. The quantitative estimate of drug-likeness (QED) is 0.774. The standard InChI is InChI=1S/C15H12BrN3/c1-17-13-5-2-10(3-6-13)15-18-9-11-8-12(16)4-7-14(11)19-15/h2-9,17H,1H3. The molecule has 0 aliphatic carbocycles. The minimum atomic E-state index is 0.748. The summed E-state index contributed by atoms with van der Waals surface area (Å²) in [5, 5.41) is 4.13. The van der Waals surface area contributed by atoms with E-state index in [1.165, 1.54) is 0 Å². The third-order valence-electron chi connectivity index (χ3n) is 2.97. The zero-order chi connectivity index (χ0) is 13.2. The Morgan fingerprint density at radius 2 is 1.84 bits per heavy atom. The minimum Gasteiger partial charge on any atom is -0.388 e. The molecule has 0 aliphatic rings. The van der Waals surface area contributed by atoms with Crippen molar-refractivity contribution in [3.63, 3.8) is 0 Å². The molecule has 2 aromatic carbocycles. The van der Waals surface area contributed by atoms with Gasteiger partial charge in [-0.15, -0.1) is 0 Å². The van der Waals surface area contributed by atoms with Crippen molar-refractivity contribution in [1.29, 1.82) is 0 Å². The number of aromatic nitrogens is 2. The lowest BCUT2D eigenvalue weighted by Gasteiger charge is -2.04. The highest BCUT2D eigenvalue weighted by Gasteiger charge is 2.03. The van der Waals surface area contributed by atoms with E-state index in [1.807, 2.05) is 55.7 Å². The predicted octanol–water partition coefficient (Wildman–Crippen LogP) is 4.10. The van der Waals surface area contributed by atoms with Gasteiger partial charge in [0.25, 0.3) is 0 Å². The molecule has 0 saturated carbocycles. The van der Waals surface area contributed by atoms with Crippen LogP contribution in [0.1, 0.15) is 0 Å². The van der Waals surface area contributed by atoms with Crippen molar-refractivity contribution in [3.05, 3.63) is 53.1 Å². The summed E-state index contributed by atoms with van der Waals surface area (Å²) in [5.74, 6) is 0.748. The van der Waals surface area contributed by atoms with Gasteiger partial charge in [-0.2, -0.15) is 0 Å². The number of benzene rings is 2. The van der Waals surface area contributed by atoms with Gasteiger partial charge in [-0.3, -0.25) is 0 Å². The fraction of sp³-hybridized carbons (Fsp3) is 0.0667. The van der Waals surface area contributed by atoms with Gasteiger partial charge in [-0.1, -0.05) is 15.9 Å². The maximum absolute atomic E-state index is 4.59. The summed E-state index contributed by atoms with van der Waals surface area (Å²) < 4.78 is 1.04. The second-order valence-electron chi connectivity index (χ2n) is 4.22. The molecule has 3 rings (SSSR count). The molecule has 0 spiro atoms. The Kier molecular flexibility index (Phi) is 3.17. The van der Waals surface area contributed by atoms with Crippen molar-refractivity contribution in [2.45, 2.75) is 0 Å². The van der Waals surface area contributed by atoms with Gasteiger partial charge < -0.3 is 5.32 Å². The van der Waals surface area contributed by atoms with Crippen LogP contribution < -0.4 is 5.32 Å². The van der Waals surface area contributed by atoms with Crippen LogP contribution in [0.4, 0.5) is 5.69 Å². The molecule has 4 heteroatoms. The Morgan fingerprint density at radius 3 is 2.58 bits per heavy atom. The summed E-state index contributed by atoms with van der Waals surface area (Å²) in [6.45, 7) is 0. The molecule has 0 saturated heterocycles. The fourth-order valence-corrected chi connectivity index (χ4v) is 2.31. The Bertz CT molecular complexity index is 723. The molecule has 0 atom stereocenters. The fourth-order valence-electron chi connectivity index (χ4n) is 1.93. The zero-order valence-corrected chi connectivity index (χ0v) is 12.0. The van der Waals surface area contributed by atoms with Gasteiger partial charge in [-0.05, 0) is 42.5 Å². The molecule has 0 aliphatic heterocycles. The van der Waals surface area contributed by atoms with E-state index in [0.29, 0.717) is 0 Å². The largest absolute Gasteiger partial charge is 0.388 e. The van der Waals surface area contributed by atoms with Gasteiger partial charge >= 0.3 is 0 Å². The molecule has 0 radical (unpaired) electrons. The van der Waals surface area contributed by atoms with Crippen molar-refractivity contribution in [1.82, 2.24) is 9.97 Å². The van der Waals surface area contributed by atoms with Crippen molar-refractivity contribution in [2.24, 2.45) is 0 Å². The average molecular weight is 314 g/mol. The van der Waals surface area contributed by atoms with E-state index in [0.717, 1.165) is 32.5 Å². The highest BCUT2D eigenvalue weighted by molar-refractivity contribution is 9.10. The molecular formula is C15H12BrN3. The van der Waals surface area contributed by atoms with Crippen LogP contribution in [0.25, 0.3) is 22.3 Å². The number of nitrogens with one attached hydrogen (secondary N) is 1. The van der Waals surface area contributed by atoms with Crippen LogP contribution in [0.5, 0.6) is 0 Å². The molecule has 94 valence electrons. The van der Waals surface area contributed by atoms with Crippen molar-refractivity contribution < 1.29 is 0 Å². The van der Waals surface area contributed by atoms with E-state index in [4.69, 9.17) is 0 Å².